The molecule has 3 aromatic carbocycles. The van der Waals surface area contributed by atoms with Crippen LogP contribution in [-0.2, 0) is 10.2 Å². The van der Waals surface area contributed by atoms with Gasteiger partial charge in [-0.1, -0.05) is 48.5 Å². The van der Waals surface area contributed by atoms with Gasteiger partial charge >= 0.3 is 0 Å². The number of nitro benzene ring substituents is 1. The van der Waals surface area contributed by atoms with Gasteiger partial charge in [-0.15, -0.1) is 0 Å². The molecule has 0 radical (unpaired) electrons. The number of nitrogens with zero attached hydrogens (tertiary/aromatic N) is 1. The SMILES string of the molecule is O=C(Nc1cccc2ccccc12)C12C[C@H]3C[C@@H](C1)CC(c1ccc([N+](=O)[O-])cc1)(C3)C2. The molecule has 4 aliphatic carbocycles. The van der Waals surface area contributed by atoms with Gasteiger partial charge < -0.3 is 5.32 Å². The molecule has 4 bridgehead atoms. The summed E-state index contributed by atoms with van der Waals surface area (Å²) in [4.78, 5) is 24.6. The number of non-ortho nitro benzene ring substituents is 1. The fourth-order valence-corrected chi connectivity index (χ4v) is 7.39. The van der Waals surface area contributed by atoms with Crippen LogP contribution in [0.5, 0.6) is 0 Å². The van der Waals surface area contributed by atoms with E-state index in [1.54, 1.807) is 12.1 Å². The lowest BCUT2D eigenvalue weighted by atomic mass is 9.42. The smallest absolute Gasteiger partial charge is 0.269 e. The van der Waals surface area contributed by atoms with E-state index in [1.807, 2.05) is 36.4 Å². The van der Waals surface area contributed by atoms with E-state index in [9.17, 15) is 14.9 Å². The Morgan fingerprint density at radius 1 is 0.906 bits per heavy atom. The third-order valence-electron chi connectivity index (χ3n) is 8.27. The molecule has 0 saturated heterocycles. The molecule has 3 aromatic rings. The summed E-state index contributed by atoms with van der Waals surface area (Å²) in [6, 6.07) is 21.3. The van der Waals surface area contributed by atoms with Crippen LogP contribution in [0.15, 0.2) is 66.7 Å². The Bertz CT molecular complexity index is 1210. The minimum atomic E-state index is -0.358. The maximum Gasteiger partial charge on any atom is 0.269 e. The summed E-state index contributed by atoms with van der Waals surface area (Å²) in [5.74, 6) is 1.24. The fourth-order valence-electron chi connectivity index (χ4n) is 7.39. The molecule has 4 saturated carbocycles. The van der Waals surface area contributed by atoms with Crippen LogP contribution in [0.3, 0.4) is 0 Å². The van der Waals surface area contributed by atoms with Crippen LogP contribution in [0.2, 0.25) is 0 Å². The van der Waals surface area contributed by atoms with Crippen molar-refractivity contribution in [2.45, 2.75) is 43.9 Å². The molecular weight excluding hydrogens is 400 g/mol. The zero-order valence-corrected chi connectivity index (χ0v) is 17.9. The molecule has 5 nitrogen and oxygen atoms in total. The third kappa shape index (κ3) is 2.94. The lowest BCUT2D eigenvalue weighted by molar-refractivity contribution is -0.384. The first kappa shape index (κ1) is 19.5. The number of benzene rings is 3. The van der Waals surface area contributed by atoms with Crippen LogP contribution in [0.1, 0.15) is 44.1 Å². The number of rotatable bonds is 4. The lowest BCUT2D eigenvalue weighted by Crippen LogP contribution is -2.57. The molecular formula is C27H26N2O3. The van der Waals surface area contributed by atoms with Gasteiger partial charge in [0.2, 0.25) is 5.91 Å². The van der Waals surface area contributed by atoms with Gasteiger partial charge in [-0.05, 0) is 72.8 Å². The first-order chi connectivity index (χ1) is 15.5. The monoisotopic (exact) mass is 426 g/mol. The van der Waals surface area contributed by atoms with E-state index in [2.05, 4.69) is 23.5 Å². The van der Waals surface area contributed by atoms with E-state index >= 15 is 0 Å². The zero-order valence-electron chi connectivity index (χ0n) is 17.9. The quantitative estimate of drug-likeness (QED) is 0.397. The van der Waals surface area contributed by atoms with E-state index in [0.29, 0.717) is 11.8 Å². The number of anilines is 1. The Balaban J connectivity index is 1.34. The fraction of sp³-hybridized carbons (Fsp3) is 0.370. The van der Waals surface area contributed by atoms with Gasteiger partial charge in [-0.2, -0.15) is 0 Å². The number of carbonyl (C=O) groups excluding carboxylic acids is 1. The molecule has 7 rings (SSSR count). The Hall–Kier alpha value is -3.21. The van der Waals surface area contributed by atoms with Gasteiger partial charge in [0.25, 0.3) is 5.69 Å². The second kappa shape index (κ2) is 6.89. The van der Waals surface area contributed by atoms with Crippen molar-refractivity contribution in [1.82, 2.24) is 0 Å². The largest absolute Gasteiger partial charge is 0.325 e. The number of nitrogens with one attached hydrogen (secondary N) is 1. The third-order valence-corrected chi connectivity index (χ3v) is 8.27. The van der Waals surface area contributed by atoms with Gasteiger partial charge in [0, 0.05) is 23.2 Å². The maximum atomic E-state index is 13.8. The Morgan fingerprint density at radius 2 is 1.59 bits per heavy atom. The molecule has 4 atom stereocenters. The summed E-state index contributed by atoms with van der Waals surface area (Å²) in [5, 5.41) is 16.6. The summed E-state index contributed by atoms with van der Waals surface area (Å²) in [6.07, 6.45) is 6.12. The Labute approximate surface area is 187 Å². The van der Waals surface area contributed by atoms with Crippen molar-refractivity contribution in [2.75, 3.05) is 5.32 Å². The predicted molar refractivity (Wildman–Crippen MR) is 124 cm³/mol. The van der Waals surface area contributed by atoms with Crippen LogP contribution in [-0.4, -0.2) is 10.8 Å². The van der Waals surface area contributed by atoms with Crippen molar-refractivity contribution < 1.29 is 9.72 Å². The summed E-state index contributed by atoms with van der Waals surface area (Å²) < 4.78 is 0. The van der Waals surface area contributed by atoms with Gasteiger partial charge in [0.1, 0.15) is 0 Å². The second-order valence-corrected chi connectivity index (χ2v) is 10.3. The molecule has 4 fully saturated rings. The highest BCUT2D eigenvalue weighted by Gasteiger charge is 2.61. The zero-order chi connectivity index (χ0) is 21.9. The van der Waals surface area contributed by atoms with Crippen LogP contribution in [0, 0.1) is 27.4 Å². The van der Waals surface area contributed by atoms with Crippen LogP contribution in [0.25, 0.3) is 10.8 Å². The summed E-state index contributed by atoms with van der Waals surface area (Å²) in [7, 11) is 0. The molecule has 162 valence electrons. The average Bonchev–Trinajstić information content (AvgIpc) is 2.78. The minimum Gasteiger partial charge on any atom is -0.325 e. The lowest BCUT2D eigenvalue weighted by Gasteiger charge is -2.61. The topological polar surface area (TPSA) is 72.2 Å². The maximum absolute atomic E-state index is 13.8. The van der Waals surface area contributed by atoms with Crippen molar-refractivity contribution in [2.24, 2.45) is 17.3 Å². The van der Waals surface area contributed by atoms with Crippen molar-refractivity contribution in [3.05, 3.63) is 82.4 Å². The van der Waals surface area contributed by atoms with Crippen LogP contribution < -0.4 is 5.32 Å². The second-order valence-electron chi connectivity index (χ2n) is 10.3. The van der Waals surface area contributed by atoms with Gasteiger partial charge in [-0.25, -0.2) is 0 Å². The number of hydrogen-bond donors (Lipinski definition) is 1. The van der Waals surface area contributed by atoms with Crippen LogP contribution in [0.4, 0.5) is 11.4 Å². The summed E-state index contributed by atoms with van der Waals surface area (Å²) >= 11 is 0. The molecule has 5 heteroatoms. The molecule has 4 aliphatic rings. The number of fused-ring (bicyclic) bond motifs is 1. The normalized spacial score (nSPS) is 30.4. The molecule has 2 unspecified atom stereocenters. The highest BCUT2D eigenvalue weighted by molar-refractivity contribution is 6.04. The summed E-state index contributed by atoms with van der Waals surface area (Å²) in [6.45, 7) is 0. The first-order valence-corrected chi connectivity index (χ1v) is 11.5. The predicted octanol–water partition coefficient (Wildman–Crippen LogP) is 6.22. The van der Waals surface area contributed by atoms with Crippen molar-refractivity contribution in [3.8, 4) is 0 Å². The van der Waals surface area contributed by atoms with Crippen molar-refractivity contribution in [3.63, 3.8) is 0 Å². The number of carbonyl (C=O) groups is 1. The van der Waals surface area contributed by atoms with Gasteiger partial charge in [0.05, 0.1) is 10.3 Å². The van der Waals surface area contributed by atoms with E-state index < -0.39 is 0 Å². The van der Waals surface area contributed by atoms with Gasteiger partial charge in [0.15, 0.2) is 0 Å². The molecule has 0 spiro atoms. The minimum absolute atomic E-state index is 0.0463. The summed E-state index contributed by atoms with van der Waals surface area (Å²) in [5.41, 5.74) is 1.77. The van der Waals surface area contributed by atoms with E-state index in [1.165, 1.54) is 12.0 Å². The average molecular weight is 427 g/mol. The highest BCUT2D eigenvalue weighted by atomic mass is 16.6. The molecule has 32 heavy (non-hydrogen) atoms. The van der Waals surface area contributed by atoms with Gasteiger partial charge in [-0.3, -0.25) is 14.9 Å². The number of nitro groups is 1. The van der Waals surface area contributed by atoms with Crippen LogP contribution >= 0.6 is 0 Å². The van der Waals surface area contributed by atoms with E-state index in [-0.39, 0.29) is 27.3 Å². The van der Waals surface area contributed by atoms with E-state index in [0.717, 1.165) is 48.6 Å². The van der Waals surface area contributed by atoms with Crippen molar-refractivity contribution >= 4 is 28.1 Å². The Kier molecular flexibility index (Phi) is 4.19. The number of hydrogen-bond acceptors (Lipinski definition) is 3. The molecule has 1 N–H and O–H groups in total. The van der Waals surface area contributed by atoms with E-state index in [4.69, 9.17) is 0 Å². The highest BCUT2D eigenvalue weighted by Crippen LogP contribution is 2.66. The molecule has 0 heterocycles. The Morgan fingerprint density at radius 3 is 2.31 bits per heavy atom. The van der Waals surface area contributed by atoms with Crippen molar-refractivity contribution in [1.29, 1.82) is 0 Å². The first-order valence-electron chi connectivity index (χ1n) is 11.5. The molecule has 0 aromatic heterocycles. The molecule has 1 amide bonds. The molecule has 0 aliphatic heterocycles. The number of amides is 1. The standard InChI is InChI=1S/C27H26N2O3/c30-25(28-24-7-3-5-20-4-1-2-6-23(20)24)27-15-18-12-19(16-27)14-26(13-18,17-27)21-8-10-22(11-9-21)29(31)32/h1-11,18-19H,12-17H2,(H,28,30)/t18-,19+,26?,27?.